The molecule has 0 bridgehead atoms. The van der Waals surface area contributed by atoms with Gasteiger partial charge in [-0.1, -0.05) is 11.6 Å². The summed E-state index contributed by atoms with van der Waals surface area (Å²) in [6, 6.07) is 3.32. The van der Waals surface area contributed by atoms with Gasteiger partial charge in [0.15, 0.2) is 0 Å². The summed E-state index contributed by atoms with van der Waals surface area (Å²) >= 11 is 0. The zero-order chi connectivity index (χ0) is 11.5. The second-order valence-electron chi connectivity index (χ2n) is 5.26. The Kier molecular flexibility index (Phi) is 3.43. The molecule has 2 N–H and O–H groups in total. The Morgan fingerprint density at radius 2 is 2.35 bits per heavy atom. The molecule has 94 valence electrons. The van der Waals surface area contributed by atoms with Gasteiger partial charge in [0.1, 0.15) is 5.76 Å². The first-order valence-electron chi connectivity index (χ1n) is 6.80. The average Bonchev–Trinajstić information content (AvgIpc) is 3.09. The van der Waals surface area contributed by atoms with Gasteiger partial charge in [-0.3, -0.25) is 0 Å². The number of aromatic nitrogens is 1. The van der Waals surface area contributed by atoms with E-state index in [0.717, 1.165) is 24.3 Å². The minimum atomic E-state index is 0.649. The lowest BCUT2D eigenvalue weighted by atomic mass is 9.93. The molecular weight excluding hydrogens is 214 g/mol. The Morgan fingerprint density at radius 1 is 1.35 bits per heavy atom. The van der Waals surface area contributed by atoms with Crippen LogP contribution in [0.2, 0.25) is 0 Å². The van der Waals surface area contributed by atoms with E-state index in [1.807, 2.05) is 6.07 Å². The van der Waals surface area contributed by atoms with Crippen molar-refractivity contribution in [2.24, 2.45) is 5.92 Å². The molecule has 4 nitrogen and oxygen atoms in total. The summed E-state index contributed by atoms with van der Waals surface area (Å²) in [6.07, 6.45) is 8.43. The fourth-order valence-corrected chi connectivity index (χ4v) is 3.37. The number of hydrogen-bond donors (Lipinski definition) is 2. The molecule has 1 saturated heterocycles. The molecule has 3 atom stereocenters. The predicted octanol–water partition coefficient (Wildman–Crippen LogP) is 1.68. The smallest absolute Gasteiger partial charge is 0.150 e. The van der Waals surface area contributed by atoms with E-state index in [2.05, 4.69) is 15.8 Å². The summed E-state index contributed by atoms with van der Waals surface area (Å²) < 4.78 is 5.13. The minimum absolute atomic E-state index is 0.649. The molecular formula is C13H21N3O. The number of rotatable bonds is 4. The molecule has 1 aliphatic carbocycles. The first-order valence-corrected chi connectivity index (χ1v) is 6.80. The van der Waals surface area contributed by atoms with Crippen molar-refractivity contribution in [2.75, 3.05) is 6.54 Å². The summed E-state index contributed by atoms with van der Waals surface area (Å²) in [7, 11) is 0. The summed E-state index contributed by atoms with van der Waals surface area (Å²) in [5.41, 5.74) is 0. The fourth-order valence-electron chi connectivity index (χ4n) is 3.37. The Labute approximate surface area is 102 Å². The van der Waals surface area contributed by atoms with E-state index in [9.17, 15) is 0 Å². The average molecular weight is 235 g/mol. The van der Waals surface area contributed by atoms with Gasteiger partial charge in [-0.05, 0) is 38.1 Å². The summed E-state index contributed by atoms with van der Waals surface area (Å²) in [5.74, 6) is 1.75. The summed E-state index contributed by atoms with van der Waals surface area (Å²) in [6.45, 7) is 2.02. The first kappa shape index (κ1) is 11.2. The second kappa shape index (κ2) is 5.19. The standard InChI is InChI=1S/C13H21N3O/c1-3-11(12-5-2-7-14-12)13(4-1)15-9-10-6-8-16-17-10/h6,8,11-15H,1-5,7,9H2. The molecule has 1 aromatic rings. The SMILES string of the molecule is c1cc(CNC2CCCC2C2CCCN2)on1. The van der Waals surface area contributed by atoms with Crippen molar-refractivity contribution in [2.45, 2.75) is 50.7 Å². The van der Waals surface area contributed by atoms with Gasteiger partial charge in [0.25, 0.3) is 0 Å². The molecule has 0 amide bonds. The Hall–Kier alpha value is -0.870. The molecule has 17 heavy (non-hydrogen) atoms. The van der Waals surface area contributed by atoms with Crippen LogP contribution in [-0.2, 0) is 6.54 Å². The van der Waals surface area contributed by atoms with Gasteiger partial charge in [-0.25, -0.2) is 0 Å². The normalized spacial score (nSPS) is 33.3. The van der Waals surface area contributed by atoms with Crippen molar-refractivity contribution in [3.63, 3.8) is 0 Å². The maximum Gasteiger partial charge on any atom is 0.150 e. The zero-order valence-corrected chi connectivity index (χ0v) is 10.2. The quantitative estimate of drug-likeness (QED) is 0.833. The highest BCUT2D eigenvalue weighted by Crippen LogP contribution is 2.32. The van der Waals surface area contributed by atoms with E-state index in [1.165, 1.54) is 38.6 Å². The molecule has 1 saturated carbocycles. The van der Waals surface area contributed by atoms with Gasteiger partial charge < -0.3 is 15.2 Å². The van der Waals surface area contributed by atoms with Gasteiger partial charge in [0.05, 0.1) is 12.7 Å². The van der Waals surface area contributed by atoms with E-state index >= 15 is 0 Å². The van der Waals surface area contributed by atoms with Crippen LogP contribution in [0.15, 0.2) is 16.8 Å². The van der Waals surface area contributed by atoms with Crippen LogP contribution in [0, 0.1) is 5.92 Å². The largest absolute Gasteiger partial charge is 0.360 e. The molecule has 0 radical (unpaired) electrons. The lowest BCUT2D eigenvalue weighted by molar-refractivity contribution is 0.302. The number of nitrogens with one attached hydrogen (secondary N) is 2. The Balaban J connectivity index is 1.54. The van der Waals surface area contributed by atoms with Crippen molar-refractivity contribution in [3.05, 3.63) is 18.0 Å². The molecule has 2 fully saturated rings. The third-order valence-electron chi connectivity index (χ3n) is 4.21. The van der Waals surface area contributed by atoms with Crippen LogP contribution >= 0.6 is 0 Å². The van der Waals surface area contributed by atoms with Crippen LogP contribution < -0.4 is 10.6 Å². The zero-order valence-electron chi connectivity index (χ0n) is 10.2. The number of hydrogen-bond acceptors (Lipinski definition) is 4. The van der Waals surface area contributed by atoms with E-state index in [1.54, 1.807) is 6.20 Å². The van der Waals surface area contributed by atoms with E-state index in [-0.39, 0.29) is 0 Å². The summed E-state index contributed by atoms with van der Waals surface area (Å²) in [4.78, 5) is 0. The van der Waals surface area contributed by atoms with Crippen LogP contribution in [0.5, 0.6) is 0 Å². The van der Waals surface area contributed by atoms with Gasteiger partial charge in [0, 0.05) is 18.2 Å². The van der Waals surface area contributed by atoms with Crippen LogP contribution in [0.4, 0.5) is 0 Å². The molecule has 2 aliphatic rings. The summed E-state index contributed by atoms with van der Waals surface area (Å²) in [5, 5.41) is 11.0. The van der Waals surface area contributed by atoms with Crippen molar-refractivity contribution >= 4 is 0 Å². The molecule has 0 spiro atoms. The lowest BCUT2D eigenvalue weighted by Gasteiger charge is -2.26. The third-order valence-corrected chi connectivity index (χ3v) is 4.21. The van der Waals surface area contributed by atoms with Gasteiger partial charge in [-0.15, -0.1) is 0 Å². The monoisotopic (exact) mass is 235 g/mol. The Morgan fingerprint density at radius 3 is 3.12 bits per heavy atom. The molecule has 1 aromatic heterocycles. The molecule has 0 aromatic carbocycles. The maximum atomic E-state index is 5.13. The van der Waals surface area contributed by atoms with Crippen molar-refractivity contribution in [3.8, 4) is 0 Å². The number of nitrogens with zero attached hydrogens (tertiary/aromatic N) is 1. The van der Waals surface area contributed by atoms with Crippen LogP contribution in [-0.4, -0.2) is 23.8 Å². The Bertz CT molecular complexity index is 332. The van der Waals surface area contributed by atoms with Gasteiger partial charge in [-0.2, -0.15) is 0 Å². The predicted molar refractivity (Wildman–Crippen MR) is 65.5 cm³/mol. The first-order chi connectivity index (χ1) is 8.43. The molecule has 2 heterocycles. The van der Waals surface area contributed by atoms with Gasteiger partial charge in [0.2, 0.25) is 0 Å². The van der Waals surface area contributed by atoms with Crippen molar-refractivity contribution < 1.29 is 4.52 Å². The maximum absolute atomic E-state index is 5.13. The highest BCUT2D eigenvalue weighted by atomic mass is 16.5. The molecule has 3 rings (SSSR count). The highest BCUT2D eigenvalue weighted by Gasteiger charge is 2.34. The van der Waals surface area contributed by atoms with E-state index in [4.69, 9.17) is 4.52 Å². The fraction of sp³-hybridized carbons (Fsp3) is 0.769. The molecule has 1 aliphatic heterocycles. The molecule has 3 unspecified atom stereocenters. The van der Waals surface area contributed by atoms with Gasteiger partial charge >= 0.3 is 0 Å². The van der Waals surface area contributed by atoms with Crippen LogP contribution in [0.1, 0.15) is 37.9 Å². The molecule has 4 heteroatoms. The topological polar surface area (TPSA) is 50.1 Å². The van der Waals surface area contributed by atoms with Crippen LogP contribution in [0.25, 0.3) is 0 Å². The van der Waals surface area contributed by atoms with E-state index in [0.29, 0.717) is 6.04 Å². The van der Waals surface area contributed by atoms with Crippen molar-refractivity contribution in [1.29, 1.82) is 0 Å². The lowest BCUT2D eigenvalue weighted by Crippen LogP contribution is -2.41. The highest BCUT2D eigenvalue weighted by molar-refractivity contribution is 4.96. The minimum Gasteiger partial charge on any atom is -0.360 e. The van der Waals surface area contributed by atoms with Crippen molar-refractivity contribution in [1.82, 2.24) is 15.8 Å². The third kappa shape index (κ3) is 2.53. The van der Waals surface area contributed by atoms with Crippen LogP contribution in [0.3, 0.4) is 0 Å². The van der Waals surface area contributed by atoms with E-state index < -0.39 is 0 Å². The second-order valence-corrected chi connectivity index (χ2v) is 5.26.